The summed E-state index contributed by atoms with van der Waals surface area (Å²) in [6.45, 7) is 2.21. The minimum atomic E-state index is -1.01. The molecule has 0 aromatic heterocycles. The quantitative estimate of drug-likeness (QED) is 0.746. The molecule has 0 amide bonds. The van der Waals surface area contributed by atoms with Gasteiger partial charge in [-0.15, -0.1) is 0 Å². The number of rotatable bonds is 3. The second-order valence-corrected chi connectivity index (χ2v) is 5.92. The standard InChI is InChI=1S/C14H18ClN3O2/c15-10-7-8(16)6-9(14(19)20)13(10)17-11-3-5-18-4-1-2-12(11)18/h6-7,11-12,17H,1-5,16H2,(H,19,20). The number of hydrogen-bond acceptors (Lipinski definition) is 4. The molecule has 2 saturated heterocycles. The summed E-state index contributed by atoms with van der Waals surface area (Å²) in [5, 5.41) is 13.0. The lowest BCUT2D eigenvalue weighted by atomic mass is 10.0. The van der Waals surface area contributed by atoms with Gasteiger partial charge in [-0.1, -0.05) is 11.6 Å². The summed E-state index contributed by atoms with van der Waals surface area (Å²) in [5.74, 6) is -1.01. The number of nitrogens with two attached hydrogens (primary N) is 1. The van der Waals surface area contributed by atoms with Gasteiger partial charge < -0.3 is 16.2 Å². The molecule has 20 heavy (non-hydrogen) atoms. The Morgan fingerprint density at radius 1 is 1.40 bits per heavy atom. The Kier molecular flexibility index (Phi) is 3.48. The molecule has 2 fully saturated rings. The second-order valence-electron chi connectivity index (χ2n) is 5.52. The highest BCUT2D eigenvalue weighted by molar-refractivity contribution is 6.34. The lowest BCUT2D eigenvalue weighted by Crippen LogP contribution is -2.34. The molecule has 0 radical (unpaired) electrons. The number of benzene rings is 1. The average Bonchev–Trinajstić information content (AvgIpc) is 2.96. The summed E-state index contributed by atoms with van der Waals surface area (Å²) >= 11 is 6.18. The summed E-state index contributed by atoms with van der Waals surface area (Å²) in [4.78, 5) is 13.8. The average molecular weight is 296 g/mol. The highest BCUT2D eigenvalue weighted by Gasteiger charge is 2.37. The number of nitrogens with one attached hydrogen (secondary N) is 1. The number of carboxylic acid groups (broad SMARTS) is 1. The molecule has 3 rings (SSSR count). The third kappa shape index (κ3) is 2.31. The molecule has 108 valence electrons. The first kappa shape index (κ1) is 13.5. The Labute approximate surface area is 122 Å². The van der Waals surface area contributed by atoms with Gasteiger partial charge in [0.05, 0.1) is 16.3 Å². The molecule has 2 unspecified atom stereocenters. The van der Waals surface area contributed by atoms with Crippen molar-refractivity contribution in [2.75, 3.05) is 24.1 Å². The fourth-order valence-electron chi connectivity index (χ4n) is 3.38. The van der Waals surface area contributed by atoms with Gasteiger partial charge in [0, 0.05) is 24.3 Å². The summed E-state index contributed by atoms with van der Waals surface area (Å²) in [6.07, 6.45) is 3.39. The maximum atomic E-state index is 11.4. The Hall–Kier alpha value is -1.46. The molecule has 0 aliphatic carbocycles. The van der Waals surface area contributed by atoms with Crippen LogP contribution < -0.4 is 11.1 Å². The largest absolute Gasteiger partial charge is 0.478 e. The van der Waals surface area contributed by atoms with E-state index in [1.807, 2.05) is 0 Å². The van der Waals surface area contributed by atoms with E-state index in [1.54, 1.807) is 6.07 Å². The van der Waals surface area contributed by atoms with Gasteiger partial charge >= 0.3 is 5.97 Å². The van der Waals surface area contributed by atoms with Crippen LogP contribution in [0.1, 0.15) is 29.6 Å². The van der Waals surface area contributed by atoms with Crippen LogP contribution in [0.4, 0.5) is 11.4 Å². The molecule has 2 aliphatic rings. The number of fused-ring (bicyclic) bond motifs is 1. The van der Waals surface area contributed by atoms with Crippen LogP contribution in [0.25, 0.3) is 0 Å². The van der Waals surface area contributed by atoms with Gasteiger partial charge in [0.15, 0.2) is 0 Å². The number of carboxylic acids is 1. The van der Waals surface area contributed by atoms with E-state index < -0.39 is 5.97 Å². The lowest BCUT2D eigenvalue weighted by molar-refractivity contribution is 0.0698. The van der Waals surface area contributed by atoms with Crippen molar-refractivity contribution < 1.29 is 9.90 Å². The van der Waals surface area contributed by atoms with Gasteiger partial charge in [-0.2, -0.15) is 0 Å². The second kappa shape index (κ2) is 5.14. The van der Waals surface area contributed by atoms with E-state index in [4.69, 9.17) is 17.3 Å². The Morgan fingerprint density at radius 3 is 2.95 bits per heavy atom. The van der Waals surface area contributed by atoms with Gasteiger partial charge in [0.2, 0.25) is 0 Å². The number of anilines is 2. The molecule has 1 aromatic rings. The highest BCUT2D eigenvalue weighted by Crippen LogP contribution is 2.34. The fourth-order valence-corrected chi connectivity index (χ4v) is 3.66. The maximum absolute atomic E-state index is 11.4. The molecule has 5 nitrogen and oxygen atoms in total. The minimum absolute atomic E-state index is 0.145. The van der Waals surface area contributed by atoms with Crippen LogP contribution in [0, 0.1) is 0 Å². The van der Waals surface area contributed by atoms with Crippen LogP contribution in [0.5, 0.6) is 0 Å². The van der Waals surface area contributed by atoms with Crippen molar-refractivity contribution in [2.24, 2.45) is 0 Å². The number of hydrogen-bond donors (Lipinski definition) is 3. The van der Waals surface area contributed by atoms with Gasteiger partial charge in [-0.3, -0.25) is 4.90 Å². The van der Waals surface area contributed by atoms with Crippen LogP contribution >= 0.6 is 11.6 Å². The smallest absolute Gasteiger partial charge is 0.337 e. The van der Waals surface area contributed by atoms with E-state index in [0.717, 1.165) is 25.9 Å². The SMILES string of the molecule is Nc1cc(Cl)c(NC2CCN3CCCC23)c(C(=O)O)c1. The Morgan fingerprint density at radius 2 is 2.20 bits per heavy atom. The molecule has 1 aromatic carbocycles. The van der Waals surface area contributed by atoms with Crippen LogP contribution in [-0.4, -0.2) is 41.1 Å². The van der Waals surface area contributed by atoms with E-state index in [1.165, 1.54) is 12.5 Å². The van der Waals surface area contributed by atoms with Crippen molar-refractivity contribution in [2.45, 2.75) is 31.3 Å². The minimum Gasteiger partial charge on any atom is -0.478 e. The van der Waals surface area contributed by atoms with Crippen molar-refractivity contribution in [1.82, 2.24) is 4.90 Å². The van der Waals surface area contributed by atoms with Crippen LogP contribution in [0.2, 0.25) is 5.02 Å². The predicted octanol–water partition coefficient (Wildman–Crippen LogP) is 2.27. The zero-order valence-corrected chi connectivity index (χ0v) is 11.9. The first-order valence-electron chi connectivity index (χ1n) is 6.89. The van der Waals surface area contributed by atoms with Gasteiger partial charge in [0.25, 0.3) is 0 Å². The van der Waals surface area contributed by atoms with Crippen molar-refractivity contribution in [1.29, 1.82) is 0 Å². The summed E-state index contributed by atoms with van der Waals surface area (Å²) < 4.78 is 0. The van der Waals surface area contributed by atoms with Crippen LogP contribution in [-0.2, 0) is 0 Å². The normalized spacial score (nSPS) is 25.6. The molecular formula is C14H18ClN3O2. The predicted molar refractivity (Wildman–Crippen MR) is 79.4 cm³/mol. The first-order chi connectivity index (χ1) is 9.56. The molecule has 0 saturated carbocycles. The van der Waals surface area contributed by atoms with E-state index in [9.17, 15) is 9.90 Å². The monoisotopic (exact) mass is 295 g/mol. The molecular weight excluding hydrogens is 278 g/mol. The number of nitrogen functional groups attached to an aromatic ring is 1. The maximum Gasteiger partial charge on any atom is 0.337 e. The number of nitrogens with zero attached hydrogens (tertiary/aromatic N) is 1. The van der Waals surface area contributed by atoms with E-state index in [-0.39, 0.29) is 11.6 Å². The third-order valence-electron chi connectivity index (χ3n) is 4.28. The zero-order chi connectivity index (χ0) is 14.3. The lowest BCUT2D eigenvalue weighted by Gasteiger charge is -2.23. The topological polar surface area (TPSA) is 78.6 Å². The molecule has 2 atom stereocenters. The van der Waals surface area contributed by atoms with Crippen molar-refractivity contribution >= 4 is 28.9 Å². The van der Waals surface area contributed by atoms with Crippen LogP contribution in [0.3, 0.4) is 0 Å². The van der Waals surface area contributed by atoms with Gasteiger partial charge in [0.1, 0.15) is 0 Å². The highest BCUT2D eigenvalue weighted by atomic mass is 35.5. The third-order valence-corrected chi connectivity index (χ3v) is 4.58. The van der Waals surface area contributed by atoms with E-state index >= 15 is 0 Å². The molecule has 0 bridgehead atoms. The number of halogens is 1. The number of carbonyl (C=O) groups is 1. The first-order valence-corrected chi connectivity index (χ1v) is 7.27. The summed E-state index contributed by atoms with van der Waals surface area (Å²) in [6, 6.07) is 3.80. The summed E-state index contributed by atoms with van der Waals surface area (Å²) in [5.41, 5.74) is 6.68. The molecule has 2 heterocycles. The zero-order valence-electron chi connectivity index (χ0n) is 11.1. The Bertz CT molecular complexity index is 549. The fraction of sp³-hybridized carbons (Fsp3) is 0.500. The molecule has 0 spiro atoms. The van der Waals surface area contributed by atoms with Gasteiger partial charge in [-0.05, 0) is 37.9 Å². The molecule has 4 N–H and O–H groups in total. The Balaban J connectivity index is 1.88. The number of aromatic carboxylic acids is 1. The molecule has 2 aliphatic heterocycles. The summed E-state index contributed by atoms with van der Waals surface area (Å²) in [7, 11) is 0. The molecule has 6 heteroatoms. The van der Waals surface area contributed by atoms with Crippen molar-refractivity contribution in [3.05, 3.63) is 22.7 Å². The van der Waals surface area contributed by atoms with Crippen LogP contribution in [0.15, 0.2) is 12.1 Å². The van der Waals surface area contributed by atoms with E-state index in [0.29, 0.717) is 22.4 Å². The van der Waals surface area contributed by atoms with E-state index in [2.05, 4.69) is 10.2 Å². The van der Waals surface area contributed by atoms with Crippen molar-refractivity contribution in [3.8, 4) is 0 Å². The van der Waals surface area contributed by atoms with Gasteiger partial charge in [-0.25, -0.2) is 4.79 Å². The van der Waals surface area contributed by atoms with Crippen molar-refractivity contribution in [3.63, 3.8) is 0 Å².